The van der Waals surface area contributed by atoms with E-state index < -0.39 is 0 Å². The van der Waals surface area contributed by atoms with E-state index in [0.717, 1.165) is 32.7 Å². The first-order valence-corrected chi connectivity index (χ1v) is 7.32. The van der Waals surface area contributed by atoms with Crippen molar-refractivity contribution in [1.29, 1.82) is 0 Å². The summed E-state index contributed by atoms with van der Waals surface area (Å²) < 4.78 is 7.05. The van der Waals surface area contributed by atoms with Gasteiger partial charge in [-0.2, -0.15) is 5.10 Å². The average Bonchev–Trinajstić information content (AvgIpc) is 2.89. The van der Waals surface area contributed by atoms with Crippen LogP contribution in [0.5, 0.6) is 5.75 Å². The van der Waals surface area contributed by atoms with Gasteiger partial charge in [0, 0.05) is 32.7 Å². The normalized spacial score (nSPS) is 16.4. The molecule has 1 aliphatic rings. The summed E-state index contributed by atoms with van der Waals surface area (Å²) in [6.07, 6.45) is 1.63. The van der Waals surface area contributed by atoms with Crippen molar-refractivity contribution < 1.29 is 9.53 Å². The lowest BCUT2D eigenvalue weighted by Gasteiger charge is -2.26. The lowest BCUT2D eigenvalue weighted by Crippen LogP contribution is -2.45. The van der Waals surface area contributed by atoms with Crippen molar-refractivity contribution in [3.63, 3.8) is 0 Å². The number of nitrogens with one attached hydrogen (secondary N) is 1. The SMILES string of the molecule is COc1cnn(CCN(C)C)c1C(=O)CN1CCNCC1. The highest BCUT2D eigenvalue weighted by Gasteiger charge is 2.22. The first kappa shape index (κ1) is 15.9. The third-order valence-corrected chi connectivity index (χ3v) is 3.63. The highest BCUT2D eigenvalue weighted by atomic mass is 16.5. The van der Waals surface area contributed by atoms with Gasteiger partial charge in [-0.15, -0.1) is 0 Å². The molecule has 1 N–H and O–H groups in total. The molecule has 2 heterocycles. The Morgan fingerprint density at radius 3 is 2.76 bits per heavy atom. The molecule has 1 aromatic heterocycles. The number of hydrogen-bond donors (Lipinski definition) is 1. The average molecular weight is 295 g/mol. The maximum Gasteiger partial charge on any atom is 0.198 e. The molecule has 0 aliphatic carbocycles. The van der Waals surface area contributed by atoms with Crippen molar-refractivity contribution >= 4 is 5.78 Å². The second-order valence-corrected chi connectivity index (χ2v) is 5.54. The van der Waals surface area contributed by atoms with Gasteiger partial charge in [-0.25, -0.2) is 0 Å². The van der Waals surface area contributed by atoms with Crippen LogP contribution in [-0.4, -0.2) is 85.8 Å². The smallest absolute Gasteiger partial charge is 0.198 e. The van der Waals surface area contributed by atoms with Crippen LogP contribution in [0.3, 0.4) is 0 Å². The number of hydrogen-bond acceptors (Lipinski definition) is 6. The Kier molecular flexibility index (Phi) is 5.72. The molecule has 0 aromatic carbocycles. The topological polar surface area (TPSA) is 62.6 Å². The van der Waals surface area contributed by atoms with Crippen molar-refractivity contribution in [1.82, 2.24) is 24.9 Å². The number of carbonyl (C=O) groups is 1. The Morgan fingerprint density at radius 2 is 2.14 bits per heavy atom. The van der Waals surface area contributed by atoms with Gasteiger partial charge in [0.1, 0.15) is 5.69 Å². The van der Waals surface area contributed by atoms with E-state index in [1.54, 1.807) is 18.0 Å². The van der Waals surface area contributed by atoms with Gasteiger partial charge >= 0.3 is 0 Å². The molecular weight excluding hydrogens is 270 g/mol. The number of piperazine rings is 1. The second kappa shape index (κ2) is 7.53. The molecule has 0 radical (unpaired) electrons. The van der Waals surface area contributed by atoms with Crippen LogP contribution in [0.2, 0.25) is 0 Å². The van der Waals surface area contributed by atoms with Crippen LogP contribution in [0.4, 0.5) is 0 Å². The van der Waals surface area contributed by atoms with E-state index in [-0.39, 0.29) is 5.78 Å². The van der Waals surface area contributed by atoms with E-state index in [4.69, 9.17) is 4.74 Å². The Balaban J connectivity index is 2.07. The maximum absolute atomic E-state index is 12.6. The lowest BCUT2D eigenvalue weighted by atomic mass is 10.2. The molecule has 118 valence electrons. The van der Waals surface area contributed by atoms with Gasteiger partial charge in [0.05, 0.1) is 26.4 Å². The molecule has 0 bridgehead atoms. The summed E-state index contributed by atoms with van der Waals surface area (Å²) >= 11 is 0. The van der Waals surface area contributed by atoms with Crippen LogP contribution >= 0.6 is 0 Å². The minimum atomic E-state index is 0.0741. The fourth-order valence-corrected chi connectivity index (χ4v) is 2.41. The number of methoxy groups -OCH3 is 1. The van der Waals surface area contributed by atoms with Gasteiger partial charge < -0.3 is 15.0 Å². The van der Waals surface area contributed by atoms with Crippen molar-refractivity contribution in [2.24, 2.45) is 0 Å². The standard InChI is InChI=1S/C14H25N5O2/c1-17(2)8-9-19-14(13(21-3)10-16-19)12(20)11-18-6-4-15-5-7-18/h10,15H,4-9,11H2,1-3H3. The zero-order valence-electron chi connectivity index (χ0n) is 13.1. The number of nitrogens with zero attached hydrogens (tertiary/aromatic N) is 4. The van der Waals surface area contributed by atoms with Crippen molar-refractivity contribution in [2.75, 3.05) is 60.5 Å². The first-order chi connectivity index (χ1) is 10.1. The largest absolute Gasteiger partial charge is 0.493 e. The molecule has 0 spiro atoms. The molecule has 7 heteroatoms. The summed E-state index contributed by atoms with van der Waals surface area (Å²) in [7, 11) is 5.58. The Bertz CT molecular complexity index is 466. The van der Waals surface area contributed by atoms with Crippen LogP contribution in [0.15, 0.2) is 6.20 Å². The predicted octanol–water partition coefficient (Wildman–Crippen LogP) is -0.459. The maximum atomic E-state index is 12.6. The van der Waals surface area contributed by atoms with E-state index in [1.807, 2.05) is 14.1 Å². The molecular formula is C14H25N5O2. The van der Waals surface area contributed by atoms with Gasteiger partial charge in [0.15, 0.2) is 11.5 Å². The molecule has 0 amide bonds. The third kappa shape index (κ3) is 4.26. The Labute approximate surface area is 125 Å². The van der Waals surface area contributed by atoms with Crippen LogP contribution in [0.25, 0.3) is 0 Å². The van der Waals surface area contributed by atoms with Crippen LogP contribution in [-0.2, 0) is 6.54 Å². The van der Waals surface area contributed by atoms with Gasteiger partial charge in [-0.3, -0.25) is 14.4 Å². The van der Waals surface area contributed by atoms with Gasteiger partial charge in [0.25, 0.3) is 0 Å². The third-order valence-electron chi connectivity index (χ3n) is 3.63. The first-order valence-electron chi connectivity index (χ1n) is 7.32. The van der Waals surface area contributed by atoms with Crippen LogP contribution in [0.1, 0.15) is 10.5 Å². The molecule has 1 aliphatic heterocycles. The molecule has 1 saturated heterocycles. The summed E-state index contributed by atoms with van der Waals surface area (Å²) in [6, 6.07) is 0. The van der Waals surface area contributed by atoms with Gasteiger partial charge in [0.2, 0.25) is 0 Å². The second-order valence-electron chi connectivity index (χ2n) is 5.54. The van der Waals surface area contributed by atoms with Crippen molar-refractivity contribution in [2.45, 2.75) is 6.54 Å². The highest BCUT2D eigenvalue weighted by molar-refractivity contribution is 5.98. The summed E-state index contributed by atoms with van der Waals surface area (Å²) in [4.78, 5) is 16.8. The van der Waals surface area contributed by atoms with E-state index in [0.29, 0.717) is 24.5 Å². The summed E-state index contributed by atoms with van der Waals surface area (Å²) in [5, 5.41) is 7.58. The number of rotatable bonds is 7. The van der Waals surface area contributed by atoms with Crippen molar-refractivity contribution in [3.8, 4) is 5.75 Å². The molecule has 7 nitrogen and oxygen atoms in total. The molecule has 0 saturated carbocycles. The summed E-state index contributed by atoms with van der Waals surface area (Å²) in [5.41, 5.74) is 0.581. The molecule has 21 heavy (non-hydrogen) atoms. The Hall–Kier alpha value is -1.44. The monoisotopic (exact) mass is 295 g/mol. The molecule has 0 unspecified atom stereocenters. The van der Waals surface area contributed by atoms with E-state index in [1.165, 1.54) is 0 Å². The van der Waals surface area contributed by atoms with Gasteiger partial charge in [-0.1, -0.05) is 0 Å². The number of carbonyl (C=O) groups excluding carboxylic acids is 1. The van der Waals surface area contributed by atoms with E-state index >= 15 is 0 Å². The minimum Gasteiger partial charge on any atom is -0.493 e. The number of ether oxygens (including phenoxy) is 1. The summed E-state index contributed by atoms with van der Waals surface area (Å²) in [6.45, 7) is 5.61. The molecule has 0 atom stereocenters. The van der Waals surface area contributed by atoms with E-state index in [2.05, 4.69) is 20.2 Å². The molecule has 1 fully saturated rings. The Morgan fingerprint density at radius 1 is 1.43 bits per heavy atom. The fraction of sp³-hybridized carbons (Fsp3) is 0.714. The predicted molar refractivity (Wildman–Crippen MR) is 81.0 cm³/mol. The number of Topliss-reactive ketones (excluding diaryl/α,β-unsaturated/α-hetero) is 1. The zero-order chi connectivity index (χ0) is 15.2. The molecule has 2 rings (SSSR count). The fourth-order valence-electron chi connectivity index (χ4n) is 2.41. The highest BCUT2D eigenvalue weighted by Crippen LogP contribution is 2.18. The van der Waals surface area contributed by atoms with Crippen LogP contribution in [0, 0.1) is 0 Å². The van der Waals surface area contributed by atoms with Crippen molar-refractivity contribution in [3.05, 3.63) is 11.9 Å². The number of ketones is 1. The van der Waals surface area contributed by atoms with E-state index in [9.17, 15) is 4.79 Å². The quantitative estimate of drug-likeness (QED) is 0.687. The lowest BCUT2D eigenvalue weighted by molar-refractivity contribution is 0.0907. The summed E-state index contributed by atoms with van der Waals surface area (Å²) in [5.74, 6) is 0.638. The van der Waals surface area contributed by atoms with Gasteiger partial charge in [-0.05, 0) is 14.1 Å². The zero-order valence-corrected chi connectivity index (χ0v) is 13.1. The minimum absolute atomic E-state index is 0.0741. The van der Waals surface area contributed by atoms with Crippen LogP contribution < -0.4 is 10.1 Å². The number of aromatic nitrogens is 2. The number of likely N-dealkylation sites (N-methyl/N-ethyl adjacent to an activating group) is 1. The molecule has 1 aromatic rings.